The maximum absolute atomic E-state index is 13.5. The fraction of sp³-hybridized carbons (Fsp3) is 0.304. The lowest BCUT2D eigenvalue weighted by Gasteiger charge is -2.29. The van der Waals surface area contributed by atoms with Gasteiger partial charge < -0.3 is 14.4 Å². The van der Waals surface area contributed by atoms with Gasteiger partial charge in [-0.05, 0) is 30.3 Å². The van der Waals surface area contributed by atoms with E-state index in [1.807, 2.05) is 4.90 Å². The van der Waals surface area contributed by atoms with Gasteiger partial charge in [-0.1, -0.05) is 12.1 Å². The highest BCUT2D eigenvalue weighted by molar-refractivity contribution is 7.92. The Labute approximate surface area is 207 Å². The molecular formula is C23H25N5O7S. The van der Waals surface area contributed by atoms with Crippen LogP contribution in [-0.4, -0.2) is 69.8 Å². The van der Waals surface area contributed by atoms with Crippen molar-refractivity contribution in [3.05, 3.63) is 69.0 Å². The minimum absolute atomic E-state index is 0.0816. The van der Waals surface area contributed by atoms with E-state index in [1.54, 1.807) is 30.3 Å². The summed E-state index contributed by atoms with van der Waals surface area (Å²) in [5.74, 6) is 0.519. The van der Waals surface area contributed by atoms with Gasteiger partial charge in [-0.2, -0.15) is 9.78 Å². The van der Waals surface area contributed by atoms with Gasteiger partial charge in [-0.15, -0.1) is 0 Å². The van der Waals surface area contributed by atoms with Crippen LogP contribution in [0, 0.1) is 10.1 Å². The summed E-state index contributed by atoms with van der Waals surface area (Å²) in [4.78, 5) is 26.8. The standard InChI is InChI=1S/C23H25N5O7S/c1-25(36(3,32)33)22-15-19(16-5-4-6-18(13-16)34-2)24-27(23(22)29)21-14-17(7-8-20(21)28(30)31)26-9-11-35-12-10-26/h4-8,13-15H,9-12H2,1-3H3. The van der Waals surface area contributed by atoms with Gasteiger partial charge in [0.15, 0.2) is 0 Å². The van der Waals surface area contributed by atoms with E-state index in [1.165, 1.54) is 32.4 Å². The zero-order chi connectivity index (χ0) is 26.0. The lowest BCUT2D eigenvalue weighted by molar-refractivity contribution is -0.384. The molecule has 0 spiro atoms. The number of morpholine rings is 1. The largest absolute Gasteiger partial charge is 0.497 e. The molecule has 0 amide bonds. The fourth-order valence-electron chi connectivity index (χ4n) is 3.83. The molecule has 13 heteroatoms. The van der Waals surface area contributed by atoms with E-state index in [0.29, 0.717) is 43.3 Å². The third-order valence-corrected chi connectivity index (χ3v) is 7.05. The average molecular weight is 516 g/mol. The number of hydrogen-bond donors (Lipinski definition) is 0. The molecule has 3 aromatic rings. The van der Waals surface area contributed by atoms with E-state index in [-0.39, 0.29) is 22.8 Å². The topological polar surface area (TPSA) is 137 Å². The summed E-state index contributed by atoms with van der Waals surface area (Å²) < 4.78 is 37.0. The maximum Gasteiger partial charge on any atom is 0.296 e. The van der Waals surface area contributed by atoms with Crippen LogP contribution in [-0.2, 0) is 14.8 Å². The van der Waals surface area contributed by atoms with Gasteiger partial charge in [-0.25, -0.2) is 8.42 Å². The van der Waals surface area contributed by atoms with Gasteiger partial charge in [0, 0.05) is 37.5 Å². The normalized spacial score (nSPS) is 13.9. The van der Waals surface area contributed by atoms with Crippen LogP contribution in [0.15, 0.2) is 53.3 Å². The first-order chi connectivity index (χ1) is 17.1. The Bertz CT molecular complexity index is 1470. The predicted octanol–water partition coefficient (Wildman–Crippen LogP) is 2.05. The van der Waals surface area contributed by atoms with Crippen LogP contribution in [0.2, 0.25) is 0 Å². The molecular weight excluding hydrogens is 490 g/mol. The van der Waals surface area contributed by atoms with Gasteiger partial charge in [0.2, 0.25) is 10.0 Å². The van der Waals surface area contributed by atoms with Crippen LogP contribution < -0.4 is 19.5 Å². The Morgan fingerprint density at radius 2 is 1.86 bits per heavy atom. The second-order valence-electron chi connectivity index (χ2n) is 8.12. The molecule has 12 nitrogen and oxygen atoms in total. The number of sulfonamides is 1. The van der Waals surface area contributed by atoms with Crippen molar-refractivity contribution in [3.8, 4) is 22.7 Å². The zero-order valence-electron chi connectivity index (χ0n) is 19.9. The van der Waals surface area contributed by atoms with Crippen LogP contribution in [0.1, 0.15) is 0 Å². The summed E-state index contributed by atoms with van der Waals surface area (Å²) in [7, 11) is -1.09. The van der Waals surface area contributed by atoms with Crippen molar-refractivity contribution < 1.29 is 22.8 Å². The summed E-state index contributed by atoms with van der Waals surface area (Å²) in [5, 5.41) is 16.3. The van der Waals surface area contributed by atoms with Crippen molar-refractivity contribution in [2.24, 2.45) is 0 Å². The molecule has 0 N–H and O–H groups in total. The van der Waals surface area contributed by atoms with E-state index in [9.17, 15) is 23.3 Å². The number of aromatic nitrogens is 2. The molecule has 2 heterocycles. The summed E-state index contributed by atoms with van der Waals surface area (Å²) in [6.45, 7) is 2.15. The third kappa shape index (κ3) is 5.02. The number of nitro groups is 1. The van der Waals surface area contributed by atoms with Crippen LogP contribution >= 0.6 is 0 Å². The Hall–Kier alpha value is -3.97. The maximum atomic E-state index is 13.5. The number of rotatable bonds is 7. The van der Waals surface area contributed by atoms with Crippen molar-refractivity contribution in [1.82, 2.24) is 9.78 Å². The molecule has 0 atom stereocenters. The lowest BCUT2D eigenvalue weighted by Crippen LogP contribution is -2.36. The molecule has 0 aliphatic carbocycles. The van der Waals surface area contributed by atoms with Gasteiger partial charge >= 0.3 is 0 Å². The molecule has 4 rings (SSSR count). The average Bonchev–Trinajstić information content (AvgIpc) is 2.88. The minimum Gasteiger partial charge on any atom is -0.497 e. The number of ether oxygens (including phenoxy) is 2. The molecule has 1 aromatic heterocycles. The fourth-order valence-corrected chi connectivity index (χ4v) is 4.31. The van der Waals surface area contributed by atoms with E-state index in [4.69, 9.17) is 9.47 Å². The van der Waals surface area contributed by atoms with Crippen molar-refractivity contribution in [2.45, 2.75) is 0 Å². The minimum atomic E-state index is -3.83. The van der Waals surface area contributed by atoms with Crippen LogP contribution in [0.5, 0.6) is 5.75 Å². The van der Waals surface area contributed by atoms with Gasteiger partial charge in [-0.3, -0.25) is 19.2 Å². The first kappa shape index (κ1) is 25.1. The van der Waals surface area contributed by atoms with Crippen molar-refractivity contribution >= 4 is 27.1 Å². The summed E-state index contributed by atoms with van der Waals surface area (Å²) in [6.07, 6.45) is 0.962. The number of methoxy groups -OCH3 is 1. The molecule has 1 aliphatic heterocycles. The van der Waals surface area contributed by atoms with Crippen molar-refractivity contribution in [3.63, 3.8) is 0 Å². The van der Waals surface area contributed by atoms with Crippen LogP contribution in [0.3, 0.4) is 0 Å². The van der Waals surface area contributed by atoms with E-state index in [2.05, 4.69) is 5.10 Å². The molecule has 0 saturated carbocycles. The van der Waals surface area contributed by atoms with Gasteiger partial charge in [0.05, 0.1) is 37.2 Å². The zero-order valence-corrected chi connectivity index (χ0v) is 20.8. The number of hydrogen-bond acceptors (Lipinski definition) is 9. The third-order valence-electron chi connectivity index (χ3n) is 5.85. The highest BCUT2D eigenvalue weighted by atomic mass is 32.2. The van der Waals surface area contributed by atoms with E-state index >= 15 is 0 Å². The SMILES string of the molecule is COc1cccc(-c2cc(N(C)S(C)(=O)=O)c(=O)n(-c3cc(N4CCOCC4)ccc3[N+](=O)[O-])n2)c1. The van der Waals surface area contributed by atoms with Crippen molar-refractivity contribution in [1.29, 1.82) is 0 Å². The van der Waals surface area contributed by atoms with Crippen LogP contribution in [0.25, 0.3) is 16.9 Å². The van der Waals surface area contributed by atoms with Gasteiger partial charge in [0.1, 0.15) is 17.1 Å². The molecule has 2 aromatic carbocycles. The van der Waals surface area contributed by atoms with E-state index in [0.717, 1.165) is 15.2 Å². The highest BCUT2D eigenvalue weighted by Crippen LogP contribution is 2.30. The summed E-state index contributed by atoms with van der Waals surface area (Å²) in [5.41, 5.74) is -0.0619. The molecule has 0 bridgehead atoms. The molecule has 0 unspecified atom stereocenters. The smallest absolute Gasteiger partial charge is 0.296 e. The number of nitrogens with zero attached hydrogens (tertiary/aromatic N) is 5. The summed E-state index contributed by atoms with van der Waals surface area (Å²) >= 11 is 0. The van der Waals surface area contributed by atoms with E-state index < -0.39 is 20.5 Å². The first-order valence-electron chi connectivity index (χ1n) is 10.9. The Balaban J connectivity index is 2.00. The molecule has 1 saturated heterocycles. The second kappa shape index (κ2) is 9.95. The molecule has 1 aliphatic rings. The monoisotopic (exact) mass is 515 g/mol. The number of benzene rings is 2. The number of anilines is 2. The predicted molar refractivity (Wildman–Crippen MR) is 135 cm³/mol. The van der Waals surface area contributed by atoms with Gasteiger partial charge in [0.25, 0.3) is 11.2 Å². The first-order valence-corrected chi connectivity index (χ1v) is 12.8. The molecule has 36 heavy (non-hydrogen) atoms. The molecule has 1 fully saturated rings. The Morgan fingerprint density at radius 3 is 2.50 bits per heavy atom. The highest BCUT2D eigenvalue weighted by Gasteiger charge is 2.25. The molecule has 0 radical (unpaired) electrons. The Morgan fingerprint density at radius 1 is 1.14 bits per heavy atom. The Kier molecular flexibility index (Phi) is 6.95. The quantitative estimate of drug-likeness (QED) is 0.342. The number of nitro benzene ring substituents is 1. The second-order valence-corrected chi connectivity index (χ2v) is 10.1. The summed E-state index contributed by atoms with van der Waals surface area (Å²) in [6, 6.07) is 12.6. The lowest BCUT2D eigenvalue weighted by atomic mass is 10.1. The van der Waals surface area contributed by atoms with Crippen molar-refractivity contribution in [2.75, 3.05) is 55.9 Å². The van der Waals surface area contributed by atoms with Crippen LogP contribution in [0.4, 0.5) is 17.1 Å². The molecule has 190 valence electrons.